The Morgan fingerprint density at radius 1 is 0.938 bits per heavy atom. The van der Waals surface area contributed by atoms with E-state index in [0.717, 1.165) is 35.7 Å². The number of benzene rings is 3. The molecular formula is C26H26N2O4. The number of anilines is 2. The Kier molecular flexibility index (Phi) is 6.70. The molecule has 1 saturated heterocycles. The topological polar surface area (TPSA) is 59.1 Å². The zero-order chi connectivity index (χ0) is 22.3. The molecule has 0 aromatic heterocycles. The molecule has 2 amide bonds. The molecule has 0 atom stereocenters. The van der Waals surface area contributed by atoms with Crippen molar-refractivity contribution in [1.82, 2.24) is 0 Å². The van der Waals surface area contributed by atoms with Gasteiger partial charge in [-0.3, -0.25) is 9.59 Å². The molecule has 1 aliphatic rings. The fourth-order valence-corrected chi connectivity index (χ4v) is 3.72. The quantitative estimate of drug-likeness (QED) is 0.530. The average Bonchev–Trinajstić information content (AvgIpc) is 3.28. The van der Waals surface area contributed by atoms with E-state index in [1.165, 1.54) is 0 Å². The van der Waals surface area contributed by atoms with Crippen molar-refractivity contribution in [2.75, 3.05) is 30.1 Å². The Hall–Kier alpha value is -3.80. The second-order valence-corrected chi connectivity index (χ2v) is 7.60. The Balaban J connectivity index is 1.45. The van der Waals surface area contributed by atoms with Crippen LogP contribution < -0.4 is 19.3 Å². The van der Waals surface area contributed by atoms with Gasteiger partial charge in [0.1, 0.15) is 11.5 Å². The lowest BCUT2D eigenvalue weighted by Crippen LogP contribution is -2.34. The van der Waals surface area contributed by atoms with Crippen molar-refractivity contribution in [3.8, 4) is 11.5 Å². The van der Waals surface area contributed by atoms with Crippen molar-refractivity contribution in [3.63, 3.8) is 0 Å². The fraction of sp³-hybridized carbons (Fsp3) is 0.231. The molecule has 1 heterocycles. The summed E-state index contributed by atoms with van der Waals surface area (Å²) < 4.78 is 11.0. The van der Waals surface area contributed by atoms with Crippen molar-refractivity contribution in [2.45, 2.75) is 19.4 Å². The normalized spacial score (nSPS) is 13.2. The minimum atomic E-state index is -0.155. The first-order valence-electron chi connectivity index (χ1n) is 10.7. The summed E-state index contributed by atoms with van der Waals surface area (Å²) in [6.45, 7) is 1.08. The van der Waals surface area contributed by atoms with Crippen molar-refractivity contribution in [1.29, 1.82) is 0 Å². The van der Waals surface area contributed by atoms with Crippen molar-refractivity contribution >= 4 is 23.2 Å². The van der Waals surface area contributed by atoms with Crippen molar-refractivity contribution in [3.05, 3.63) is 84.4 Å². The molecule has 0 saturated carbocycles. The number of amides is 2. The molecule has 1 fully saturated rings. The SMILES string of the molecule is COc1ccc(N(Cc2ccccc2)C(=O)COc2ccc(N3CCCC3=O)cc2)cc1. The lowest BCUT2D eigenvalue weighted by Gasteiger charge is -2.23. The molecule has 1 aliphatic heterocycles. The van der Waals surface area contributed by atoms with E-state index in [-0.39, 0.29) is 18.4 Å². The summed E-state index contributed by atoms with van der Waals surface area (Å²) >= 11 is 0. The number of rotatable bonds is 8. The largest absolute Gasteiger partial charge is 0.497 e. The molecule has 0 unspecified atom stereocenters. The van der Waals surface area contributed by atoms with Crippen LogP contribution in [-0.2, 0) is 16.1 Å². The van der Waals surface area contributed by atoms with Crippen LogP contribution in [0.15, 0.2) is 78.9 Å². The van der Waals surface area contributed by atoms with Crippen molar-refractivity contribution < 1.29 is 19.1 Å². The fourth-order valence-electron chi connectivity index (χ4n) is 3.72. The molecule has 3 aromatic rings. The Morgan fingerprint density at radius 3 is 2.25 bits per heavy atom. The van der Waals surface area contributed by atoms with Crippen LogP contribution in [0.1, 0.15) is 18.4 Å². The standard InChI is InChI=1S/C26H26N2O4/c1-31-23-13-9-22(10-14-23)28(18-20-6-3-2-4-7-20)26(30)19-32-24-15-11-21(12-16-24)27-17-5-8-25(27)29/h2-4,6-7,9-16H,5,8,17-19H2,1H3. The Morgan fingerprint density at radius 2 is 1.62 bits per heavy atom. The molecule has 0 bridgehead atoms. The van der Waals surface area contributed by atoms with E-state index in [0.29, 0.717) is 18.7 Å². The molecule has 0 radical (unpaired) electrons. The van der Waals surface area contributed by atoms with Crippen LogP contribution in [0.4, 0.5) is 11.4 Å². The summed E-state index contributed by atoms with van der Waals surface area (Å²) in [4.78, 5) is 28.5. The second kappa shape index (κ2) is 10.0. The highest BCUT2D eigenvalue weighted by Crippen LogP contribution is 2.25. The first-order chi connectivity index (χ1) is 15.6. The van der Waals surface area contributed by atoms with E-state index in [2.05, 4.69) is 0 Å². The van der Waals surface area contributed by atoms with Crippen LogP contribution in [0.25, 0.3) is 0 Å². The highest BCUT2D eigenvalue weighted by Gasteiger charge is 2.22. The third kappa shape index (κ3) is 5.09. The monoisotopic (exact) mass is 430 g/mol. The zero-order valence-electron chi connectivity index (χ0n) is 18.1. The van der Waals surface area contributed by atoms with E-state index >= 15 is 0 Å². The minimum absolute atomic E-state index is 0.0964. The van der Waals surface area contributed by atoms with Gasteiger partial charge in [0.2, 0.25) is 5.91 Å². The summed E-state index contributed by atoms with van der Waals surface area (Å²) in [7, 11) is 1.61. The molecule has 6 nitrogen and oxygen atoms in total. The number of carbonyl (C=O) groups is 2. The number of carbonyl (C=O) groups excluding carboxylic acids is 2. The number of nitrogens with zero attached hydrogens (tertiary/aromatic N) is 2. The molecule has 4 rings (SSSR count). The van der Waals surface area contributed by atoms with Crippen LogP contribution in [-0.4, -0.2) is 32.1 Å². The molecule has 0 N–H and O–H groups in total. The second-order valence-electron chi connectivity index (χ2n) is 7.60. The van der Waals surface area contributed by atoms with Crippen LogP contribution in [0, 0.1) is 0 Å². The average molecular weight is 431 g/mol. The summed E-state index contributed by atoms with van der Waals surface area (Å²) in [6.07, 6.45) is 1.48. The van der Waals surface area contributed by atoms with Crippen LogP contribution >= 0.6 is 0 Å². The maximum atomic E-state index is 13.1. The maximum Gasteiger partial charge on any atom is 0.265 e. The van der Waals surface area contributed by atoms with Gasteiger partial charge in [0.05, 0.1) is 13.7 Å². The number of ether oxygens (including phenoxy) is 2. The number of hydrogen-bond donors (Lipinski definition) is 0. The van der Waals surface area contributed by atoms with Gasteiger partial charge in [-0.05, 0) is 60.5 Å². The Labute approximate surface area is 188 Å². The molecule has 0 spiro atoms. The summed E-state index contributed by atoms with van der Waals surface area (Å²) in [5.74, 6) is 1.31. The van der Waals surface area contributed by atoms with E-state index < -0.39 is 0 Å². The van der Waals surface area contributed by atoms with Gasteiger partial charge < -0.3 is 19.3 Å². The predicted octanol–water partition coefficient (Wildman–Crippen LogP) is 4.43. The van der Waals surface area contributed by atoms with E-state index in [1.807, 2.05) is 66.7 Å². The zero-order valence-corrected chi connectivity index (χ0v) is 18.1. The van der Waals surface area contributed by atoms with Gasteiger partial charge in [0.25, 0.3) is 5.91 Å². The molecule has 32 heavy (non-hydrogen) atoms. The molecule has 6 heteroatoms. The van der Waals surface area contributed by atoms with Crippen LogP contribution in [0.3, 0.4) is 0 Å². The van der Waals surface area contributed by atoms with Crippen molar-refractivity contribution in [2.24, 2.45) is 0 Å². The first-order valence-corrected chi connectivity index (χ1v) is 10.7. The van der Waals surface area contributed by atoms with Crippen LogP contribution in [0.5, 0.6) is 11.5 Å². The van der Waals surface area contributed by atoms with E-state index in [9.17, 15) is 9.59 Å². The first kappa shape index (κ1) is 21.4. The van der Waals surface area contributed by atoms with E-state index in [1.54, 1.807) is 29.0 Å². The lowest BCUT2D eigenvalue weighted by atomic mass is 10.2. The highest BCUT2D eigenvalue weighted by atomic mass is 16.5. The molecule has 3 aromatic carbocycles. The van der Waals surface area contributed by atoms with Crippen LogP contribution in [0.2, 0.25) is 0 Å². The third-order valence-corrected chi connectivity index (χ3v) is 5.45. The smallest absolute Gasteiger partial charge is 0.265 e. The van der Waals surface area contributed by atoms with Gasteiger partial charge in [0, 0.05) is 24.3 Å². The van der Waals surface area contributed by atoms with Gasteiger partial charge >= 0.3 is 0 Å². The highest BCUT2D eigenvalue weighted by molar-refractivity contribution is 5.95. The summed E-state index contributed by atoms with van der Waals surface area (Å²) in [6, 6.07) is 24.5. The van der Waals surface area contributed by atoms with Gasteiger partial charge in [-0.25, -0.2) is 0 Å². The summed E-state index contributed by atoms with van der Waals surface area (Å²) in [5, 5.41) is 0. The molecular weight excluding hydrogens is 404 g/mol. The van der Waals surface area contributed by atoms with Gasteiger partial charge in [-0.2, -0.15) is 0 Å². The minimum Gasteiger partial charge on any atom is -0.497 e. The third-order valence-electron chi connectivity index (χ3n) is 5.45. The van der Waals surface area contributed by atoms with Gasteiger partial charge in [-0.1, -0.05) is 30.3 Å². The maximum absolute atomic E-state index is 13.1. The number of methoxy groups -OCH3 is 1. The summed E-state index contributed by atoms with van der Waals surface area (Å²) in [5.41, 5.74) is 2.65. The molecule has 0 aliphatic carbocycles. The van der Waals surface area contributed by atoms with Gasteiger partial charge in [0.15, 0.2) is 6.61 Å². The molecule has 164 valence electrons. The predicted molar refractivity (Wildman–Crippen MR) is 124 cm³/mol. The lowest BCUT2D eigenvalue weighted by molar-refractivity contribution is -0.120. The Bertz CT molecular complexity index is 1050. The van der Waals surface area contributed by atoms with E-state index in [4.69, 9.17) is 9.47 Å². The van der Waals surface area contributed by atoms with Gasteiger partial charge in [-0.15, -0.1) is 0 Å². The number of hydrogen-bond acceptors (Lipinski definition) is 4.